The molecule has 0 saturated heterocycles. The fraction of sp³-hybridized carbons (Fsp3) is 0.188. The van der Waals surface area contributed by atoms with Crippen LogP contribution in [0.2, 0.25) is 5.02 Å². The van der Waals surface area contributed by atoms with Gasteiger partial charge < -0.3 is 19.7 Å². The van der Waals surface area contributed by atoms with Crippen molar-refractivity contribution in [1.82, 2.24) is 10.2 Å². The zero-order valence-corrected chi connectivity index (χ0v) is 22.8. The molecule has 40 heavy (non-hydrogen) atoms. The number of carbonyl (C=O) groups excluding carboxylic acids is 2. The van der Waals surface area contributed by atoms with Gasteiger partial charge in [0.05, 0.1) is 12.1 Å². The van der Waals surface area contributed by atoms with E-state index in [1.807, 2.05) is 42.5 Å². The zero-order chi connectivity index (χ0) is 28.3. The van der Waals surface area contributed by atoms with Crippen LogP contribution < -0.4 is 14.8 Å². The first-order valence-electron chi connectivity index (χ1n) is 12.8. The van der Waals surface area contributed by atoms with E-state index in [-0.39, 0.29) is 24.9 Å². The average Bonchev–Trinajstić information content (AvgIpc) is 2.98. The first-order chi connectivity index (χ1) is 19.4. The Morgan fingerprint density at radius 1 is 0.875 bits per heavy atom. The zero-order valence-electron chi connectivity index (χ0n) is 22.1. The molecule has 4 rings (SSSR count). The number of nitrogens with zero attached hydrogens (tertiary/aromatic N) is 1. The van der Waals surface area contributed by atoms with Gasteiger partial charge in [-0.2, -0.15) is 0 Å². The number of para-hydroxylation sites is 1. The van der Waals surface area contributed by atoms with Gasteiger partial charge in [0.1, 0.15) is 23.4 Å². The SMILES string of the molecule is COc1ccc(CCNC(=O)[C@H](c2ccccc2)N(Cc2ccc(F)cc2)C(=O)COc2ccccc2Cl)cc1. The Kier molecular flexibility index (Phi) is 10.1. The van der Waals surface area contributed by atoms with Crippen molar-refractivity contribution >= 4 is 23.4 Å². The number of hydrogen-bond donors (Lipinski definition) is 1. The van der Waals surface area contributed by atoms with Gasteiger partial charge in [0.2, 0.25) is 5.91 Å². The summed E-state index contributed by atoms with van der Waals surface area (Å²) in [5.74, 6) is -0.0405. The van der Waals surface area contributed by atoms with Gasteiger partial charge in [-0.3, -0.25) is 9.59 Å². The van der Waals surface area contributed by atoms with E-state index >= 15 is 0 Å². The van der Waals surface area contributed by atoms with E-state index in [0.717, 1.165) is 11.3 Å². The Morgan fingerprint density at radius 2 is 1.52 bits per heavy atom. The minimum Gasteiger partial charge on any atom is -0.497 e. The largest absolute Gasteiger partial charge is 0.497 e. The first kappa shape index (κ1) is 28.6. The molecular weight excluding hydrogens is 531 g/mol. The van der Waals surface area contributed by atoms with Crippen LogP contribution in [0.3, 0.4) is 0 Å². The van der Waals surface area contributed by atoms with Crippen LogP contribution in [0.1, 0.15) is 22.7 Å². The third kappa shape index (κ3) is 7.83. The van der Waals surface area contributed by atoms with Crippen LogP contribution >= 0.6 is 11.6 Å². The highest BCUT2D eigenvalue weighted by molar-refractivity contribution is 6.32. The second kappa shape index (κ2) is 14.1. The lowest BCUT2D eigenvalue weighted by Crippen LogP contribution is -2.45. The van der Waals surface area contributed by atoms with Crippen molar-refractivity contribution in [2.75, 3.05) is 20.3 Å². The fourth-order valence-corrected chi connectivity index (χ4v) is 4.41. The molecule has 206 valence electrons. The van der Waals surface area contributed by atoms with Crippen molar-refractivity contribution in [2.24, 2.45) is 0 Å². The smallest absolute Gasteiger partial charge is 0.261 e. The molecule has 0 aliphatic carbocycles. The maximum absolute atomic E-state index is 13.7. The Balaban J connectivity index is 1.57. The molecule has 0 aromatic heterocycles. The molecule has 0 fully saturated rings. The lowest BCUT2D eigenvalue weighted by Gasteiger charge is -2.31. The van der Waals surface area contributed by atoms with E-state index in [4.69, 9.17) is 21.1 Å². The summed E-state index contributed by atoms with van der Waals surface area (Å²) in [6, 6.07) is 28.4. The quantitative estimate of drug-likeness (QED) is 0.231. The molecular formula is C32H30ClFN2O4. The molecule has 4 aromatic rings. The summed E-state index contributed by atoms with van der Waals surface area (Å²) in [5, 5.41) is 3.36. The molecule has 0 bridgehead atoms. The molecule has 0 radical (unpaired) electrons. The summed E-state index contributed by atoms with van der Waals surface area (Å²) in [6.45, 7) is 0.0903. The molecule has 0 aliphatic rings. The normalized spacial score (nSPS) is 11.4. The maximum atomic E-state index is 13.7. The van der Waals surface area contributed by atoms with Gasteiger partial charge in [0.25, 0.3) is 5.91 Å². The van der Waals surface area contributed by atoms with Gasteiger partial charge in [-0.1, -0.05) is 78.3 Å². The highest BCUT2D eigenvalue weighted by Crippen LogP contribution is 2.26. The molecule has 8 heteroatoms. The Labute approximate surface area is 238 Å². The highest BCUT2D eigenvalue weighted by atomic mass is 35.5. The number of rotatable bonds is 12. The van der Waals surface area contributed by atoms with Crippen LogP contribution in [0.25, 0.3) is 0 Å². The lowest BCUT2D eigenvalue weighted by atomic mass is 10.0. The standard InChI is InChI=1S/C32H30ClFN2O4/c1-39-27-17-13-23(14-18-27)19-20-35-32(38)31(25-7-3-2-4-8-25)36(21-24-11-15-26(34)16-12-24)30(37)22-40-29-10-6-5-9-28(29)33/h2-18,31H,19-22H2,1H3,(H,35,38)/t31-/m0/s1. The summed E-state index contributed by atoms with van der Waals surface area (Å²) in [6.07, 6.45) is 0.596. The van der Waals surface area contributed by atoms with Crippen molar-refractivity contribution in [2.45, 2.75) is 19.0 Å². The maximum Gasteiger partial charge on any atom is 0.261 e. The predicted octanol–water partition coefficient (Wildman–Crippen LogP) is 6.00. The number of amides is 2. The number of hydrogen-bond acceptors (Lipinski definition) is 4. The summed E-state index contributed by atoms with van der Waals surface area (Å²) in [5.41, 5.74) is 2.34. The van der Waals surface area contributed by atoms with E-state index in [1.54, 1.807) is 55.6 Å². The van der Waals surface area contributed by atoms with E-state index in [1.165, 1.54) is 17.0 Å². The van der Waals surface area contributed by atoms with Gasteiger partial charge in [-0.05, 0) is 59.5 Å². The second-order valence-electron chi connectivity index (χ2n) is 9.07. The molecule has 6 nitrogen and oxygen atoms in total. The molecule has 0 aliphatic heterocycles. The Hall–Kier alpha value is -4.36. The van der Waals surface area contributed by atoms with Crippen LogP contribution in [0.4, 0.5) is 4.39 Å². The molecule has 1 atom stereocenters. The number of methoxy groups -OCH3 is 1. The molecule has 0 spiro atoms. The second-order valence-corrected chi connectivity index (χ2v) is 9.48. The third-order valence-corrected chi connectivity index (χ3v) is 6.63. The van der Waals surface area contributed by atoms with Gasteiger partial charge in [-0.15, -0.1) is 0 Å². The van der Waals surface area contributed by atoms with Crippen LogP contribution in [-0.4, -0.2) is 37.0 Å². The van der Waals surface area contributed by atoms with Crippen molar-refractivity contribution in [3.05, 3.63) is 131 Å². The number of halogens is 2. The van der Waals surface area contributed by atoms with Crippen molar-refractivity contribution in [3.8, 4) is 11.5 Å². The van der Waals surface area contributed by atoms with E-state index in [0.29, 0.717) is 34.9 Å². The van der Waals surface area contributed by atoms with Crippen molar-refractivity contribution in [3.63, 3.8) is 0 Å². The highest BCUT2D eigenvalue weighted by Gasteiger charge is 2.31. The van der Waals surface area contributed by atoms with E-state index < -0.39 is 11.9 Å². The molecule has 0 unspecified atom stereocenters. The first-order valence-corrected chi connectivity index (χ1v) is 13.2. The lowest BCUT2D eigenvalue weighted by molar-refractivity contribution is -0.143. The molecule has 1 N–H and O–H groups in total. The van der Waals surface area contributed by atoms with Gasteiger partial charge >= 0.3 is 0 Å². The van der Waals surface area contributed by atoms with Gasteiger partial charge in [0.15, 0.2) is 6.61 Å². The predicted molar refractivity (Wildman–Crippen MR) is 153 cm³/mol. The topological polar surface area (TPSA) is 67.9 Å². The molecule has 2 amide bonds. The van der Waals surface area contributed by atoms with Crippen LogP contribution in [0, 0.1) is 5.82 Å². The summed E-state index contributed by atoms with van der Waals surface area (Å²) in [4.78, 5) is 28.8. The molecule has 0 heterocycles. The number of nitrogens with one attached hydrogen (secondary N) is 1. The van der Waals surface area contributed by atoms with Gasteiger partial charge in [-0.25, -0.2) is 4.39 Å². The summed E-state index contributed by atoms with van der Waals surface area (Å²) in [7, 11) is 1.61. The Bertz CT molecular complexity index is 1400. The summed E-state index contributed by atoms with van der Waals surface area (Å²) < 4.78 is 24.6. The fourth-order valence-electron chi connectivity index (χ4n) is 4.22. The minimum atomic E-state index is -0.954. The molecule has 4 aromatic carbocycles. The molecule has 0 saturated carbocycles. The monoisotopic (exact) mass is 560 g/mol. The Morgan fingerprint density at radius 3 is 2.20 bits per heavy atom. The summed E-state index contributed by atoms with van der Waals surface area (Å²) >= 11 is 6.21. The van der Waals surface area contributed by atoms with E-state index in [9.17, 15) is 14.0 Å². The number of ether oxygens (including phenoxy) is 2. The average molecular weight is 561 g/mol. The number of carbonyl (C=O) groups is 2. The minimum absolute atomic E-state index is 0.0659. The van der Waals surface area contributed by atoms with E-state index in [2.05, 4.69) is 5.32 Å². The van der Waals surface area contributed by atoms with Gasteiger partial charge in [0, 0.05) is 13.1 Å². The van der Waals surface area contributed by atoms with Crippen molar-refractivity contribution < 1.29 is 23.5 Å². The number of benzene rings is 4. The van der Waals surface area contributed by atoms with Crippen LogP contribution in [0.5, 0.6) is 11.5 Å². The van der Waals surface area contributed by atoms with Crippen LogP contribution in [0.15, 0.2) is 103 Å². The third-order valence-electron chi connectivity index (χ3n) is 6.32. The van der Waals surface area contributed by atoms with Crippen molar-refractivity contribution in [1.29, 1.82) is 0 Å². The van der Waals surface area contributed by atoms with Crippen LogP contribution in [-0.2, 0) is 22.6 Å².